The van der Waals surface area contributed by atoms with Gasteiger partial charge < -0.3 is 10.1 Å². The van der Waals surface area contributed by atoms with Gasteiger partial charge in [-0.15, -0.1) is 0 Å². The molecule has 2 N–H and O–H groups in total. The third kappa shape index (κ3) is 2.64. The summed E-state index contributed by atoms with van der Waals surface area (Å²) in [7, 11) is 0. The summed E-state index contributed by atoms with van der Waals surface area (Å²) in [4.78, 5) is 34.8. The molecule has 3 aromatic rings. The van der Waals surface area contributed by atoms with E-state index in [0.29, 0.717) is 16.6 Å². The maximum absolute atomic E-state index is 12.1. The van der Waals surface area contributed by atoms with Gasteiger partial charge in [-0.3, -0.25) is 14.6 Å². The Labute approximate surface area is 119 Å². The highest BCUT2D eigenvalue weighted by molar-refractivity contribution is 5.97. The number of hydrogen-bond acceptors (Lipinski definition) is 5. The number of nitrogens with zero attached hydrogens (tertiary/aromatic N) is 2. The average molecular weight is 281 g/mol. The molecule has 0 atom stereocenters. The maximum atomic E-state index is 12.1. The Balaban J connectivity index is 1.96. The predicted molar refractivity (Wildman–Crippen MR) is 76.3 cm³/mol. The molecule has 2 heterocycles. The number of aromatic amines is 1. The summed E-state index contributed by atoms with van der Waals surface area (Å²) < 4.78 is 0. The van der Waals surface area contributed by atoms with Crippen LogP contribution in [0.1, 0.15) is 16.1 Å². The zero-order chi connectivity index (χ0) is 14.8. The van der Waals surface area contributed by atoms with Crippen LogP contribution in [0.3, 0.4) is 0 Å². The quantitative estimate of drug-likeness (QED) is 0.708. The molecule has 104 valence electrons. The Bertz CT molecular complexity index is 886. The minimum absolute atomic E-state index is 0.00676. The molecule has 0 bridgehead atoms. The lowest BCUT2D eigenvalue weighted by Crippen LogP contribution is -2.19. The molecule has 0 aliphatic rings. The lowest BCUT2D eigenvalue weighted by Gasteiger charge is -2.03. The molecule has 0 spiro atoms. The molecule has 0 aliphatic carbocycles. The monoisotopic (exact) mass is 281 g/mol. The second-order valence-corrected chi connectivity index (χ2v) is 4.56. The van der Waals surface area contributed by atoms with Gasteiger partial charge in [0.15, 0.2) is 5.78 Å². The fourth-order valence-electron chi connectivity index (χ4n) is 2.02. The van der Waals surface area contributed by atoms with E-state index in [1.165, 1.54) is 18.3 Å². The van der Waals surface area contributed by atoms with Gasteiger partial charge in [-0.25, -0.2) is 4.98 Å². The van der Waals surface area contributed by atoms with Crippen LogP contribution in [-0.4, -0.2) is 25.8 Å². The van der Waals surface area contributed by atoms with Crippen LogP contribution >= 0.6 is 0 Å². The van der Waals surface area contributed by atoms with E-state index >= 15 is 0 Å². The van der Waals surface area contributed by atoms with Crippen molar-refractivity contribution >= 4 is 16.8 Å². The number of fused-ring (bicyclic) bond motifs is 1. The van der Waals surface area contributed by atoms with Crippen LogP contribution in [0.15, 0.2) is 47.5 Å². The first-order valence-corrected chi connectivity index (χ1v) is 6.28. The van der Waals surface area contributed by atoms with Crippen LogP contribution in [0.4, 0.5) is 0 Å². The summed E-state index contributed by atoms with van der Waals surface area (Å²) in [5.41, 5.74) is 1.16. The predicted octanol–water partition coefficient (Wildman–Crippen LogP) is 1.45. The first-order chi connectivity index (χ1) is 10.1. The number of aromatic nitrogens is 3. The highest BCUT2D eigenvalue weighted by atomic mass is 16.3. The van der Waals surface area contributed by atoms with Crippen LogP contribution < -0.4 is 5.56 Å². The number of aromatic hydroxyl groups is 1. The lowest BCUT2D eigenvalue weighted by molar-refractivity contribution is 0.0991. The van der Waals surface area contributed by atoms with Crippen LogP contribution in [0.25, 0.3) is 11.0 Å². The maximum Gasteiger partial charge on any atom is 0.270 e. The van der Waals surface area contributed by atoms with Crippen molar-refractivity contribution in [2.45, 2.75) is 6.42 Å². The topological polar surface area (TPSA) is 95.9 Å². The first-order valence-electron chi connectivity index (χ1n) is 6.28. The van der Waals surface area contributed by atoms with Crippen LogP contribution in [0.5, 0.6) is 5.75 Å². The summed E-state index contributed by atoms with van der Waals surface area (Å²) >= 11 is 0. The average Bonchev–Trinajstić information content (AvgIpc) is 2.48. The Morgan fingerprint density at radius 2 is 2.14 bits per heavy atom. The third-order valence-electron chi connectivity index (χ3n) is 3.06. The van der Waals surface area contributed by atoms with Gasteiger partial charge in [0.25, 0.3) is 5.56 Å². The van der Waals surface area contributed by atoms with Crippen molar-refractivity contribution in [2.75, 3.05) is 0 Å². The normalized spacial score (nSPS) is 10.7. The van der Waals surface area contributed by atoms with E-state index in [2.05, 4.69) is 15.0 Å². The van der Waals surface area contributed by atoms with Gasteiger partial charge in [0.2, 0.25) is 0 Å². The number of phenols is 1. The smallest absolute Gasteiger partial charge is 0.270 e. The fraction of sp³-hybridized carbons (Fsp3) is 0.0667. The number of nitrogens with one attached hydrogen (secondary N) is 1. The number of ketones is 1. The molecule has 1 aromatic carbocycles. The van der Waals surface area contributed by atoms with Crippen molar-refractivity contribution in [1.29, 1.82) is 0 Å². The molecule has 0 amide bonds. The molecule has 0 saturated heterocycles. The van der Waals surface area contributed by atoms with Gasteiger partial charge in [0.1, 0.15) is 11.4 Å². The lowest BCUT2D eigenvalue weighted by atomic mass is 10.1. The Morgan fingerprint density at radius 1 is 1.29 bits per heavy atom. The summed E-state index contributed by atoms with van der Waals surface area (Å²) in [5, 5.41) is 9.38. The van der Waals surface area contributed by atoms with Crippen LogP contribution in [-0.2, 0) is 6.42 Å². The number of benzene rings is 1. The molecule has 0 aliphatic heterocycles. The second-order valence-electron chi connectivity index (χ2n) is 4.56. The summed E-state index contributed by atoms with van der Waals surface area (Å²) in [6.07, 6.45) is 2.94. The zero-order valence-corrected chi connectivity index (χ0v) is 10.9. The molecule has 6 nitrogen and oxygen atoms in total. The highest BCUT2D eigenvalue weighted by Crippen LogP contribution is 2.13. The number of hydrogen-bond donors (Lipinski definition) is 2. The number of carbonyl (C=O) groups excluding carboxylic acids is 1. The van der Waals surface area contributed by atoms with Crippen molar-refractivity contribution in [3.05, 3.63) is 64.3 Å². The fourth-order valence-corrected chi connectivity index (χ4v) is 2.02. The zero-order valence-electron chi connectivity index (χ0n) is 10.9. The van der Waals surface area contributed by atoms with E-state index < -0.39 is 5.56 Å². The van der Waals surface area contributed by atoms with E-state index in [4.69, 9.17) is 0 Å². The highest BCUT2D eigenvalue weighted by Gasteiger charge is 2.12. The van der Waals surface area contributed by atoms with Crippen molar-refractivity contribution < 1.29 is 9.90 Å². The largest absolute Gasteiger partial charge is 0.508 e. The molecule has 0 radical (unpaired) electrons. The number of Topliss-reactive ketones (excluding diaryl/α,β-unsaturated/α-hetero) is 1. The molecule has 0 unspecified atom stereocenters. The number of carbonyl (C=O) groups is 1. The first kappa shape index (κ1) is 13.0. The molecular weight excluding hydrogens is 270 g/mol. The molecule has 21 heavy (non-hydrogen) atoms. The number of H-pyrrole nitrogens is 1. The molecule has 0 fully saturated rings. The van der Waals surface area contributed by atoms with E-state index in [9.17, 15) is 14.7 Å². The van der Waals surface area contributed by atoms with E-state index in [0.717, 1.165) is 0 Å². The van der Waals surface area contributed by atoms with Crippen molar-refractivity contribution in [3.8, 4) is 5.75 Å². The Hall–Kier alpha value is -3.02. The number of phenolic OH excluding ortho intramolecular Hbond substituents is 1. The number of pyridine rings is 1. The van der Waals surface area contributed by atoms with Gasteiger partial charge in [-0.05, 0) is 18.2 Å². The molecule has 3 rings (SSSR count). The minimum atomic E-state index is -0.413. The SMILES string of the molecule is O=C(Cc1nc2ccncc2[nH]c1=O)c1cccc(O)c1. The van der Waals surface area contributed by atoms with Gasteiger partial charge in [0, 0.05) is 11.8 Å². The summed E-state index contributed by atoms with van der Waals surface area (Å²) in [6.45, 7) is 0. The number of rotatable bonds is 3. The minimum Gasteiger partial charge on any atom is -0.508 e. The summed E-state index contributed by atoms with van der Waals surface area (Å²) in [5.74, 6) is -0.274. The van der Waals surface area contributed by atoms with Gasteiger partial charge in [-0.2, -0.15) is 0 Å². The van der Waals surface area contributed by atoms with Crippen molar-refractivity contribution in [3.63, 3.8) is 0 Å². The summed E-state index contributed by atoms with van der Waals surface area (Å²) in [6, 6.07) is 7.66. The van der Waals surface area contributed by atoms with Crippen LogP contribution in [0, 0.1) is 0 Å². The Kier molecular flexibility index (Phi) is 3.19. The van der Waals surface area contributed by atoms with Gasteiger partial charge in [0.05, 0.1) is 23.7 Å². The van der Waals surface area contributed by atoms with Crippen LogP contribution in [0.2, 0.25) is 0 Å². The van der Waals surface area contributed by atoms with Gasteiger partial charge >= 0.3 is 0 Å². The molecule has 2 aromatic heterocycles. The molecule has 6 heteroatoms. The molecular formula is C15H11N3O3. The standard InChI is InChI=1S/C15H11N3O3/c19-10-3-1-2-9(6-10)14(20)7-12-15(21)18-13-8-16-5-4-11(13)17-12/h1-6,8,19H,7H2,(H,18,21). The molecule has 0 saturated carbocycles. The van der Waals surface area contributed by atoms with Crippen molar-refractivity contribution in [2.24, 2.45) is 0 Å². The van der Waals surface area contributed by atoms with Gasteiger partial charge in [-0.1, -0.05) is 12.1 Å². The van der Waals surface area contributed by atoms with E-state index in [-0.39, 0.29) is 23.6 Å². The third-order valence-corrected chi connectivity index (χ3v) is 3.06. The Morgan fingerprint density at radius 3 is 2.95 bits per heavy atom. The second kappa shape index (κ2) is 5.16. The van der Waals surface area contributed by atoms with Crippen molar-refractivity contribution in [1.82, 2.24) is 15.0 Å². The van der Waals surface area contributed by atoms with E-state index in [1.54, 1.807) is 24.4 Å². The van der Waals surface area contributed by atoms with E-state index in [1.807, 2.05) is 0 Å².